The topological polar surface area (TPSA) is 21.3 Å². The molecule has 1 aliphatic rings. The molecule has 0 radical (unpaired) electrons. The summed E-state index contributed by atoms with van der Waals surface area (Å²) in [6.45, 7) is 7.05. The van der Waals surface area contributed by atoms with Gasteiger partial charge in [0.05, 0.1) is 11.6 Å². The Morgan fingerprint density at radius 1 is 1.37 bits per heavy atom. The van der Waals surface area contributed by atoms with Gasteiger partial charge in [-0.1, -0.05) is 44.0 Å². The van der Waals surface area contributed by atoms with Gasteiger partial charge in [-0.3, -0.25) is 0 Å². The molecule has 0 spiro atoms. The van der Waals surface area contributed by atoms with E-state index in [1.54, 1.807) is 0 Å². The second kappa shape index (κ2) is 7.16. The lowest BCUT2D eigenvalue weighted by Crippen LogP contribution is -2.22. The van der Waals surface area contributed by atoms with Crippen LogP contribution in [0.3, 0.4) is 0 Å². The van der Waals surface area contributed by atoms with Crippen molar-refractivity contribution in [2.75, 3.05) is 13.2 Å². The summed E-state index contributed by atoms with van der Waals surface area (Å²) in [6.07, 6.45) is 3.94. The van der Waals surface area contributed by atoms with Crippen LogP contribution in [0.1, 0.15) is 38.7 Å². The van der Waals surface area contributed by atoms with Gasteiger partial charge in [0.25, 0.3) is 0 Å². The molecule has 0 aliphatic heterocycles. The molecule has 0 amide bonds. The van der Waals surface area contributed by atoms with Crippen LogP contribution in [0.2, 0.25) is 5.02 Å². The average molecular weight is 282 g/mol. The van der Waals surface area contributed by atoms with Crippen LogP contribution in [0, 0.1) is 11.8 Å². The molecule has 3 heteroatoms. The van der Waals surface area contributed by atoms with Crippen molar-refractivity contribution in [3.8, 4) is 5.75 Å². The van der Waals surface area contributed by atoms with E-state index in [1.807, 2.05) is 12.1 Å². The fourth-order valence-electron chi connectivity index (χ4n) is 2.21. The summed E-state index contributed by atoms with van der Waals surface area (Å²) in [5, 5.41) is 4.17. The van der Waals surface area contributed by atoms with E-state index in [4.69, 9.17) is 16.3 Å². The van der Waals surface area contributed by atoms with E-state index in [1.165, 1.54) is 19.3 Å². The summed E-state index contributed by atoms with van der Waals surface area (Å²) in [4.78, 5) is 0. The Labute approximate surface area is 121 Å². The van der Waals surface area contributed by atoms with Crippen LogP contribution < -0.4 is 10.1 Å². The Kier molecular flexibility index (Phi) is 5.53. The molecule has 0 aromatic heterocycles. The lowest BCUT2D eigenvalue weighted by molar-refractivity contribution is 0.179. The lowest BCUT2D eigenvalue weighted by atomic mass is 9.86. The summed E-state index contributed by atoms with van der Waals surface area (Å²) in [7, 11) is 0. The second-order valence-electron chi connectivity index (χ2n) is 5.86. The van der Waals surface area contributed by atoms with E-state index in [9.17, 15) is 0 Å². The smallest absolute Gasteiger partial charge is 0.142 e. The number of nitrogens with one attached hydrogen (secondary N) is 1. The summed E-state index contributed by atoms with van der Waals surface area (Å²) in [5.74, 6) is 2.25. The molecule has 19 heavy (non-hydrogen) atoms. The molecule has 0 atom stereocenters. The number of ether oxygens (including phenoxy) is 1. The van der Waals surface area contributed by atoms with E-state index in [0.717, 1.165) is 41.9 Å². The van der Waals surface area contributed by atoms with Gasteiger partial charge in [0.1, 0.15) is 5.75 Å². The zero-order valence-electron chi connectivity index (χ0n) is 11.9. The fourth-order valence-corrected chi connectivity index (χ4v) is 2.46. The molecule has 1 N–H and O–H groups in total. The molecular formula is C16H24ClNO. The van der Waals surface area contributed by atoms with Crippen LogP contribution in [-0.4, -0.2) is 13.2 Å². The van der Waals surface area contributed by atoms with Crippen molar-refractivity contribution in [3.05, 3.63) is 28.8 Å². The van der Waals surface area contributed by atoms with Crippen LogP contribution >= 0.6 is 11.6 Å². The highest BCUT2D eigenvalue weighted by Crippen LogP contribution is 2.32. The van der Waals surface area contributed by atoms with Crippen molar-refractivity contribution in [2.24, 2.45) is 11.8 Å². The number of hydrogen-bond acceptors (Lipinski definition) is 2. The maximum atomic E-state index is 6.26. The van der Waals surface area contributed by atoms with Crippen molar-refractivity contribution in [1.82, 2.24) is 5.32 Å². The molecule has 2 nitrogen and oxygen atoms in total. The van der Waals surface area contributed by atoms with Gasteiger partial charge in [0.2, 0.25) is 0 Å². The van der Waals surface area contributed by atoms with Gasteiger partial charge in [-0.25, -0.2) is 0 Å². The number of hydrogen-bond donors (Lipinski definition) is 1. The normalized spacial score (nSPS) is 15.6. The molecule has 1 saturated carbocycles. The molecule has 1 fully saturated rings. The third-order valence-electron chi connectivity index (χ3n) is 3.60. The summed E-state index contributed by atoms with van der Waals surface area (Å²) >= 11 is 6.26. The Balaban J connectivity index is 1.93. The van der Waals surface area contributed by atoms with Gasteiger partial charge in [-0.15, -0.1) is 0 Å². The molecule has 0 heterocycles. The van der Waals surface area contributed by atoms with Crippen LogP contribution in [0.4, 0.5) is 0 Å². The van der Waals surface area contributed by atoms with Gasteiger partial charge in [-0.05, 0) is 37.3 Å². The summed E-state index contributed by atoms with van der Waals surface area (Å²) in [5.41, 5.74) is 1.16. The molecular weight excluding hydrogens is 258 g/mol. The van der Waals surface area contributed by atoms with E-state index < -0.39 is 0 Å². The Morgan fingerprint density at radius 3 is 2.79 bits per heavy atom. The zero-order valence-corrected chi connectivity index (χ0v) is 12.7. The Bertz CT molecular complexity index is 402. The van der Waals surface area contributed by atoms with Crippen molar-refractivity contribution < 1.29 is 4.74 Å². The first-order valence-electron chi connectivity index (χ1n) is 7.27. The number of halogens is 1. The molecule has 0 bridgehead atoms. The maximum absolute atomic E-state index is 6.26. The van der Waals surface area contributed by atoms with Gasteiger partial charge in [0.15, 0.2) is 0 Å². The SMILES string of the molecule is CC(C)CNCc1cccc(Cl)c1OCC1CCC1. The first-order chi connectivity index (χ1) is 9.16. The molecule has 1 aromatic rings. The summed E-state index contributed by atoms with van der Waals surface area (Å²) < 4.78 is 5.96. The number of benzene rings is 1. The third kappa shape index (κ3) is 4.39. The predicted molar refractivity (Wildman–Crippen MR) is 80.8 cm³/mol. The van der Waals surface area contributed by atoms with Crippen LogP contribution in [-0.2, 0) is 6.54 Å². The second-order valence-corrected chi connectivity index (χ2v) is 6.27. The first kappa shape index (κ1) is 14.7. The molecule has 1 aliphatic carbocycles. The summed E-state index contributed by atoms with van der Waals surface area (Å²) in [6, 6.07) is 5.99. The van der Waals surface area contributed by atoms with Gasteiger partial charge < -0.3 is 10.1 Å². The van der Waals surface area contributed by atoms with Gasteiger partial charge >= 0.3 is 0 Å². The Morgan fingerprint density at radius 2 is 2.16 bits per heavy atom. The lowest BCUT2D eigenvalue weighted by Gasteiger charge is -2.26. The van der Waals surface area contributed by atoms with Crippen LogP contribution in [0.5, 0.6) is 5.75 Å². The van der Waals surface area contributed by atoms with Crippen molar-refractivity contribution >= 4 is 11.6 Å². The fraction of sp³-hybridized carbons (Fsp3) is 0.625. The maximum Gasteiger partial charge on any atom is 0.142 e. The minimum Gasteiger partial charge on any atom is -0.491 e. The van der Waals surface area contributed by atoms with Crippen molar-refractivity contribution in [2.45, 2.75) is 39.7 Å². The zero-order chi connectivity index (χ0) is 13.7. The third-order valence-corrected chi connectivity index (χ3v) is 3.90. The highest BCUT2D eigenvalue weighted by atomic mass is 35.5. The Hall–Kier alpha value is -0.730. The monoisotopic (exact) mass is 281 g/mol. The quantitative estimate of drug-likeness (QED) is 0.806. The molecule has 1 aromatic carbocycles. The number of para-hydroxylation sites is 1. The van der Waals surface area contributed by atoms with E-state index in [2.05, 4.69) is 25.2 Å². The van der Waals surface area contributed by atoms with Crippen molar-refractivity contribution in [1.29, 1.82) is 0 Å². The van der Waals surface area contributed by atoms with E-state index >= 15 is 0 Å². The van der Waals surface area contributed by atoms with E-state index in [-0.39, 0.29) is 0 Å². The number of rotatable bonds is 7. The molecule has 0 saturated heterocycles. The van der Waals surface area contributed by atoms with Gasteiger partial charge in [0, 0.05) is 12.1 Å². The standard InChI is InChI=1S/C16H24ClNO/c1-12(2)9-18-10-14-7-4-8-15(17)16(14)19-11-13-5-3-6-13/h4,7-8,12-13,18H,3,5-6,9-11H2,1-2H3. The largest absolute Gasteiger partial charge is 0.491 e. The van der Waals surface area contributed by atoms with Crippen LogP contribution in [0.15, 0.2) is 18.2 Å². The molecule has 0 unspecified atom stereocenters. The minimum atomic E-state index is 0.651. The van der Waals surface area contributed by atoms with E-state index in [0.29, 0.717) is 5.92 Å². The highest BCUT2D eigenvalue weighted by Gasteiger charge is 2.19. The van der Waals surface area contributed by atoms with Crippen LogP contribution in [0.25, 0.3) is 0 Å². The van der Waals surface area contributed by atoms with Gasteiger partial charge in [-0.2, -0.15) is 0 Å². The first-order valence-corrected chi connectivity index (χ1v) is 7.65. The highest BCUT2D eigenvalue weighted by molar-refractivity contribution is 6.32. The predicted octanol–water partition coefficient (Wildman–Crippen LogP) is 4.26. The van der Waals surface area contributed by atoms with Crippen molar-refractivity contribution in [3.63, 3.8) is 0 Å². The minimum absolute atomic E-state index is 0.651. The average Bonchev–Trinajstić information content (AvgIpc) is 2.29. The molecule has 106 valence electrons. The molecule has 2 rings (SSSR count).